The van der Waals surface area contributed by atoms with E-state index < -0.39 is 35.6 Å². The van der Waals surface area contributed by atoms with Gasteiger partial charge in [-0.15, -0.1) is 11.3 Å². The Morgan fingerprint density at radius 2 is 1.51 bits per heavy atom. The summed E-state index contributed by atoms with van der Waals surface area (Å²) in [5.74, 6) is -0.450. The molecule has 2 aromatic carbocycles. The number of amides is 5. The molecule has 2 saturated heterocycles. The number of anilines is 1. The van der Waals surface area contributed by atoms with Crippen molar-refractivity contribution in [1.29, 1.82) is 0 Å². The molecular weight excluding hydrogens is 980 g/mol. The fraction of sp³-hybridized carbons (Fsp3) is 0.564. The molecule has 0 bridgehead atoms. The molecule has 0 unspecified atom stereocenters. The first-order valence-electron chi connectivity index (χ1n) is 26.3. The molecule has 6 atom stereocenters. The van der Waals surface area contributed by atoms with Crippen molar-refractivity contribution in [3.8, 4) is 10.4 Å². The maximum atomic E-state index is 14.0. The number of aliphatic hydroxyl groups is 2. The van der Waals surface area contributed by atoms with Crippen LogP contribution in [-0.4, -0.2) is 135 Å². The van der Waals surface area contributed by atoms with E-state index in [9.17, 15) is 34.2 Å². The average Bonchev–Trinajstić information content (AvgIpc) is 4.09. The summed E-state index contributed by atoms with van der Waals surface area (Å²) in [5, 5.41) is 33.9. The number of unbranched alkanes of at least 4 members (excludes halogenated alkanes) is 5. The van der Waals surface area contributed by atoms with E-state index in [0.29, 0.717) is 69.4 Å². The maximum Gasteiger partial charge on any atom is 0.246 e. The number of carbonyl (C=O) groups is 5. The zero-order valence-corrected chi connectivity index (χ0v) is 45.2. The number of hydrogen-bond acceptors (Lipinski definition) is 13. The van der Waals surface area contributed by atoms with Crippen LogP contribution in [0.2, 0.25) is 5.02 Å². The van der Waals surface area contributed by atoms with E-state index in [1.165, 1.54) is 11.2 Å². The van der Waals surface area contributed by atoms with Crippen molar-refractivity contribution in [3.05, 3.63) is 93.5 Å². The van der Waals surface area contributed by atoms with E-state index in [1.807, 2.05) is 74.5 Å². The SMILES string of the molecule is Cc1ncsc1-c1ccc(CNC(=O)[C@@H]2C[C@@H](O)CN2C(=O)[C@@H](NC(=O)CCCCCCCCNC(=O)CCNC[C@@H](C(=O)N2CCN(c3ncnc4c3[C@H](C)C[C@H]4O)CC2)c2ccc(Cl)cc2)C(C)(C)C)cc1. The van der Waals surface area contributed by atoms with Gasteiger partial charge in [0.2, 0.25) is 29.5 Å². The third-order valence-electron chi connectivity index (χ3n) is 14.5. The Kier molecular flexibility index (Phi) is 20.0. The number of β-amino-alcohol motifs (C(OH)–C–C–N with tert-alkyl or cyclic N) is 1. The monoisotopic (exact) mass is 1050 g/mol. The summed E-state index contributed by atoms with van der Waals surface area (Å²) < 4.78 is 0. The second-order valence-electron chi connectivity index (χ2n) is 21.2. The third-order valence-corrected chi connectivity index (χ3v) is 15.7. The summed E-state index contributed by atoms with van der Waals surface area (Å²) in [6, 6.07) is 13.5. The van der Waals surface area contributed by atoms with E-state index in [2.05, 4.69) is 48.0 Å². The lowest BCUT2D eigenvalue weighted by atomic mass is 9.85. The zero-order valence-electron chi connectivity index (χ0n) is 43.6. The summed E-state index contributed by atoms with van der Waals surface area (Å²) in [6.45, 7) is 13.6. The predicted octanol–water partition coefficient (Wildman–Crippen LogP) is 6.17. The van der Waals surface area contributed by atoms with Crippen molar-refractivity contribution in [2.24, 2.45) is 5.41 Å². The van der Waals surface area contributed by atoms with Gasteiger partial charge in [0.05, 0.1) is 39.9 Å². The quantitative estimate of drug-likeness (QED) is 0.0460. The highest BCUT2D eigenvalue weighted by molar-refractivity contribution is 7.13. The molecule has 4 heterocycles. The number of fused-ring (bicyclic) bond motifs is 1. The Labute approximate surface area is 444 Å². The highest BCUT2D eigenvalue weighted by atomic mass is 35.5. The molecule has 2 aromatic heterocycles. The second-order valence-corrected chi connectivity index (χ2v) is 22.5. The summed E-state index contributed by atoms with van der Waals surface area (Å²) >= 11 is 7.78. The van der Waals surface area contributed by atoms with Crippen molar-refractivity contribution >= 4 is 58.3 Å². The summed E-state index contributed by atoms with van der Waals surface area (Å²) in [5.41, 5.74) is 6.66. The van der Waals surface area contributed by atoms with Crippen LogP contribution in [-0.2, 0) is 30.5 Å². The number of likely N-dealkylation sites (tertiary alicyclic amines) is 1. The fourth-order valence-corrected chi connectivity index (χ4v) is 11.2. The van der Waals surface area contributed by atoms with Crippen LogP contribution in [0.15, 0.2) is 60.4 Å². The minimum atomic E-state index is -0.877. The number of rotatable bonds is 23. The Hall–Kier alpha value is -5.53. The van der Waals surface area contributed by atoms with Gasteiger partial charge >= 0.3 is 0 Å². The van der Waals surface area contributed by atoms with E-state index in [-0.39, 0.29) is 67.8 Å². The standard InChI is InChI=1S/C55H75ClN10O7S/c1-35-28-44(68)48-47(35)51(61-33-60-48)64-24-26-65(27-25-64)53(72)42(38-17-19-40(56)20-18-38)31-57-23-21-45(69)58-22-11-9-7-6-8-10-12-46(70)63-50(55(3,4)5)54(73)66-32-41(67)29-43(66)52(71)59-30-37-13-15-39(16-14-37)49-36(2)62-34-74-49/h13-20,33-35,41-44,50,57,67-68H,6-12,21-32H2,1-5H3,(H,58,69)(H,59,71)(H,63,70)/t35-,41-,42-,43+,44-,50-/m1/s1. The van der Waals surface area contributed by atoms with E-state index in [0.717, 1.165) is 70.7 Å². The van der Waals surface area contributed by atoms with Crippen molar-refractivity contribution in [1.82, 2.24) is 46.0 Å². The number of hydrogen-bond donors (Lipinski definition) is 6. The number of nitrogens with one attached hydrogen (secondary N) is 4. The van der Waals surface area contributed by atoms with Gasteiger partial charge in [-0.2, -0.15) is 0 Å². The Morgan fingerprint density at radius 1 is 0.811 bits per heavy atom. The van der Waals surface area contributed by atoms with E-state index in [4.69, 9.17) is 11.6 Å². The summed E-state index contributed by atoms with van der Waals surface area (Å²) in [6.07, 6.45) is 6.55. The Balaban J connectivity index is 0.759. The minimum absolute atomic E-state index is 0.0135. The number of halogens is 1. The van der Waals surface area contributed by atoms with Crippen molar-refractivity contribution < 1.29 is 34.2 Å². The zero-order chi connectivity index (χ0) is 52.9. The van der Waals surface area contributed by atoms with Gasteiger partial charge in [-0.3, -0.25) is 24.0 Å². The smallest absolute Gasteiger partial charge is 0.246 e. The van der Waals surface area contributed by atoms with Crippen molar-refractivity contribution in [3.63, 3.8) is 0 Å². The molecule has 0 spiro atoms. The molecule has 400 valence electrons. The number of benzene rings is 2. The fourth-order valence-electron chi connectivity index (χ4n) is 10.3. The summed E-state index contributed by atoms with van der Waals surface area (Å²) in [7, 11) is 0. The van der Waals surface area contributed by atoms with Crippen LogP contribution in [0.5, 0.6) is 0 Å². The van der Waals surface area contributed by atoms with Gasteiger partial charge in [0, 0.05) is 88.8 Å². The molecule has 1 aliphatic carbocycles. The molecule has 3 aliphatic rings. The van der Waals surface area contributed by atoms with Crippen molar-refractivity contribution in [2.45, 2.75) is 141 Å². The molecular formula is C55H75ClN10O7S. The molecule has 6 N–H and O–H groups in total. The van der Waals surface area contributed by atoms with Crippen LogP contribution in [0.25, 0.3) is 10.4 Å². The van der Waals surface area contributed by atoms with E-state index >= 15 is 0 Å². The lowest BCUT2D eigenvalue weighted by Crippen LogP contribution is -2.57. The number of carbonyl (C=O) groups excluding carboxylic acids is 5. The molecule has 7 rings (SSSR count). The lowest BCUT2D eigenvalue weighted by molar-refractivity contribution is -0.144. The van der Waals surface area contributed by atoms with Crippen LogP contribution in [0, 0.1) is 12.3 Å². The highest BCUT2D eigenvalue weighted by Crippen LogP contribution is 2.43. The lowest BCUT2D eigenvalue weighted by Gasteiger charge is -2.38. The van der Waals surface area contributed by atoms with E-state index in [1.54, 1.807) is 23.5 Å². The average molecular weight is 1060 g/mol. The van der Waals surface area contributed by atoms with Crippen LogP contribution in [0.4, 0.5) is 5.82 Å². The van der Waals surface area contributed by atoms with Gasteiger partial charge in [0.15, 0.2) is 0 Å². The normalized spacial score (nSPS) is 19.5. The van der Waals surface area contributed by atoms with Gasteiger partial charge in [-0.1, -0.05) is 101 Å². The highest BCUT2D eigenvalue weighted by Gasteiger charge is 2.44. The van der Waals surface area contributed by atoms with Crippen LogP contribution < -0.4 is 26.2 Å². The minimum Gasteiger partial charge on any atom is -0.391 e. The van der Waals surface area contributed by atoms with Crippen LogP contribution in [0.3, 0.4) is 0 Å². The molecule has 0 radical (unpaired) electrons. The summed E-state index contributed by atoms with van der Waals surface area (Å²) in [4.78, 5) is 87.4. The molecule has 2 aliphatic heterocycles. The Bertz CT molecular complexity index is 2530. The maximum absolute atomic E-state index is 14.0. The molecule has 5 amide bonds. The number of aliphatic hydroxyl groups excluding tert-OH is 2. The van der Waals surface area contributed by atoms with Gasteiger partial charge in [0.25, 0.3) is 0 Å². The topological polar surface area (TPSA) is 222 Å². The number of aryl methyl sites for hydroxylation is 1. The van der Waals surface area contributed by atoms with Crippen LogP contribution >= 0.6 is 22.9 Å². The van der Waals surface area contributed by atoms with Crippen LogP contribution in [0.1, 0.15) is 138 Å². The number of thiazole rings is 1. The molecule has 2 fully saturated rings. The number of piperazine rings is 1. The first-order chi connectivity index (χ1) is 35.5. The predicted molar refractivity (Wildman–Crippen MR) is 287 cm³/mol. The molecule has 4 aromatic rings. The number of aromatic nitrogens is 3. The van der Waals surface area contributed by atoms with Gasteiger partial charge < -0.3 is 46.2 Å². The number of nitrogens with zero attached hydrogens (tertiary/aromatic N) is 6. The third kappa shape index (κ3) is 14.9. The largest absolute Gasteiger partial charge is 0.391 e. The molecule has 74 heavy (non-hydrogen) atoms. The molecule has 19 heteroatoms. The van der Waals surface area contributed by atoms with Gasteiger partial charge in [-0.25, -0.2) is 15.0 Å². The molecule has 0 saturated carbocycles. The van der Waals surface area contributed by atoms with Crippen molar-refractivity contribution in [2.75, 3.05) is 57.3 Å². The Morgan fingerprint density at radius 3 is 2.20 bits per heavy atom. The second kappa shape index (κ2) is 26.3. The van der Waals surface area contributed by atoms with Gasteiger partial charge in [0.1, 0.15) is 24.2 Å². The first kappa shape index (κ1) is 56.2. The first-order valence-corrected chi connectivity index (χ1v) is 27.6. The van der Waals surface area contributed by atoms with Gasteiger partial charge in [-0.05, 0) is 66.3 Å². The molecule has 17 nitrogen and oxygen atoms in total.